The van der Waals surface area contributed by atoms with Crippen LogP contribution in [0.25, 0.3) is 0 Å². The van der Waals surface area contributed by atoms with Gasteiger partial charge in [0.05, 0.1) is 5.56 Å². The lowest BCUT2D eigenvalue weighted by atomic mass is 10.1. The third-order valence-corrected chi connectivity index (χ3v) is 4.65. The van der Waals surface area contributed by atoms with Crippen LogP contribution in [0.4, 0.5) is 13.2 Å². The fourth-order valence-corrected chi connectivity index (χ4v) is 3.03. The number of ether oxygens (including phenoxy) is 1. The third-order valence-electron chi connectivity index (χ3n) is 4.65. The van der Waals surface area contributed by atoms with E-state index < -0.39 is 11.7 Å². The predicted octanol–water partition coefficient (Wildman–Crippen LogP) is 4.49. The molecular weight excluding hydrogens is 377 g/mol. The van der Waals surface area contributed by atoms with Gasteiger partial charge in [-0.15, -0.1) is 12.4 Å². The summed E-state index contributed by atoms with van der Waals surface area (Å²) in [4.78, 5) is 4.62. The van der Waals surface area contributed by atoms with Crippen LogP contribution >= 0.6 is 12.4 Å². The number of hydrogen-bond donors (Lipinski definition) is 0. The molecule has 0 aromatic heterocycles. The van der Waals surface area contributed by atoms with E-state index in [1.807, 2.05) is 30.3 Å². The van der Waals surface area contributed by atoms with Gasteiger partial charge in [-0.05, 0) is 36.9 Å². The first-order valence-electron chi connectivity index (χ1n) is 8.71. The molecule has 1 atom stereocenters. The fraction of sp³-hybridized carbons (Fsp3) is 0.400. The van der Waals surface area contributed by atoms with E-state index in [-0.39, 0.29) is 18.5 Å². The molecule has 1 saturated heterocycles. The molecule has 1 fully saturated rings. The first-order chi connectivity index (χ1) is 12.4. The number of likely N-dealkylation sites (N-methyl/N-ethyl adjacent to an activating group) is 1. The van der Waals surface area contributed by atoms with Gasteiger partial charge in [0.2, 0.25) is 0 Å². The summed E-state index contributed by atoms with van der Waals surface area (Å²) in [7, 11) is 2.10. The summed E-state index contributed by atoms with van der Waals surface area (Å²) >= 11 is 0. The summed E-state index contributed by atoms with van der Waals surface area (Å²) in [5.74, 6) is 0.445. The molecule has 2 aromatic carbocycles. The molecule has 0 N–H and O–H groups in total. The highest BCUT2D eigenvalue weighted by molar-refractivity contribution is 5.85. The van der Waals surface area contributed by atoms with Gasteiger partial charge in [0.1, 0.15) is 11.9 Å². The minimum absolute atomic E-state index is 0. The minimum Gasteiger partial charge on any atom is -0.484 e. The molecule has 27 heavy (non-hydrogen) atoms. The van der Waals surface area contributed by atoms with Gasteiger partial charge < -0.3 is 9.64 Å². The van der Waals surface area contributed by atoms with Crippen LogP contribution < -0.4 is 4.74 Å². The van der Waals surface area contributed by atoms with E-state index in [2.05, 4.69) is 16.8 Å². The van der Waals surface area contributed by atoms with E-state index >= 15 is 0 Å². The van der Waals surface area contributed by atoms with Gasteiger partial charge in [-0.3, -0.25) is 4.90 Å². The average molecular weight is 401 g/mol. The predicted molar refractivity (Wildman–Crippen MR) is 102 cm³/mol. The van der Waals surface area contributed by atoms with Gasteiger partial charge in [0.25, 0.3) is 0 Å². The number of piperazine rings is 1. The first-order valence-corrected chi connectivity index (χ1v) is 8.71. The SMILES string of the molecule is CN1CCN(CC(Oc2ccc(C(F)(F)F)cc2)c2ccccc2)CC1.Cl. The highest BCUT2D eigenvalue weighted by Gasteiger charge is 2.30. The highest BCUT2D eigenvalue weighted by atomic mass is 35.5. The average Bonchev–Trinajstić information content (AvgIpc) is 2.63. The Morgan fingerprint density at radius 1 is 0.926 bits per heavy atom. The summed E-state index contributed by atoms with van der Waals surface area (Å²) in [5, 5.41) is 0. The molecule has 3 nitrogen and oxygen atoms in total. The Morgan fingerprint density at radius 2 is 1.52 bits per heavy atom. The van der Waals surface area contributed by atoms with E-state index in [1.165, 1.54) is 12.1 Å². The van der Waals surface area contributed by atoms with E-state index in [4.69, 9.17) is 4.74 Å². The van der Waals surface area contributed by atoms with Crippen LogP contribution in [0.3, 0.4) is 0 Å². The minimum atomic E-state index is -4.34. The molecule has 1 aliphatic rings. The van der Waals surface area contributed by atoms with Crippen molar-refractivity contribution in [1.82, 2.24) is 9.80 Å². The second kappa shape index (κ2) is 9.44. The second-order valence-corrected chi connectivity index (χ2v) is 6.64. The first kappa shape index (κ1) is 21.5. The van der Waals surface area contributed by atoms with E-state index in [0.717, 1.165) is 43.9 Å². The van der Waals surface area contributed by atoms with E-state index in [1.54, 1.807) is 0 Å². The zero-order valence-corrected chi connectivity index (χ0v) is 16.0. The summed E-state index contributed by atoms with van der Waals surface area (Å²) in [6.07, 6.45) is -4.56. The lowest BCUT2D eigenvalue weighted by Crippen LogP contribution is -2.46. The molecule has 0 spiro atoms. The van der Waals surface area contributed by atoms with Crippen LogP contribution in [0.15, 0.2) is 54.6 Å². The van der Waals surface area contributed by atoms with Crippen molar-refractivity contribution in [3.63, 3.8) is 0 Å². The Bertz CT molecular complexity index is 687. The quantitative estimate of drug-likeness (QED) is 0.735. The van der Waals surface area contributed by atoms with Crippen LogP contribution in [0.5, 0.6) is 5.75 Å². The Hall–Kier alpha value is -1.76. The molecular formula is C20H24ClF3N2O. The van der Waals surface area contributed by atoms with Crippen molar-refractivity contribution in [3.8, 4) is 5.75 Å². The standard InChI is InChI=1S/C20H23F3N2O.ClH/c1-24-11-13-25(14-12-24)15-19(16-5-3-2-4-6-16)26-18-9-7-17(8-10-18)20(21,22)23;/h2-10,19H,11-15H2,1H3;1H. The van der Waals surface area contributed by atoms with E-state index in [9.17, 15) is 13.2 Å². The molecule has 0 amide bonds. The number of rotatable bonds is 5. The molecule has 1 heterocycles. The Kier molecular flexibility index (Phi) is 7.53. The van der Waals surface area contributed by atoms with Crippen molar-refractivity contribution in [2.45, 2.75) is 12.3 Å². The van der Waals surface area contributed by atoms with Gasteiger partial charge in [-0.2, -0.15) is 13.2 Å². The molecule has 0 saturated carbocycles. The van der Waals surface area contributed by atoms with Gasteiger partial charge in [-0.25, -0.2) is 0 Å². The highest BCUT2D eigenvalue weighted by Crippen LogP contribution is 2.31. The molecule has 7 heteroatoms. The number of alkyl halides is 3. The smallest absolute Gasteiger partial charge is 0.416 e. The largest absolute Gasteiger partial charge is 0.484 e. The Morgan fingerprint density at radius 3 is 2.07 bits per heavy atom. The van der Waals surface area contributed by atoms with Crippen LogP contribution in [-0.4, -0.2) is 49.6 Å². The van der Waals surface area contributed by atoms with Crippen molar-refractivity contribution in [3.05, 3.63) is 65.7 Å². The molecule has 2 aromatic rings. The fourth-order valence-electron chi connectivity index (χ4n) is 3.03. The lowest BCUT2D eigenvalue weighted by molar-refractivity contribution is -0.137. The zero-order valence-electron chi connectivity index (χ0n) is 15.2. The van der Waals surface area contributed by atoms with Gasteiger partial charge in [-0.1, -0.05) is 30.3 Å². The third kappa shape index (κ3) is 6.13. The molecule has 1 aliphatic heterocycles. The molecule has 0 aliphatic carbocycles. The van der Waals surface area contributed by atoms with Gasteiger partial charge in [0, 0.05) is 32.7 Å². The van der Waals surface area contributed by atoms with Gasteiger partial charge >= 0.3 is 6.18 Å². The van der Waals surface area contributed by atoms with Crippen LogP contribution in [0.2, 0.25) is 0 Å². The molecule has 0 bridgehead atoms. The lowest BCUT2D eigenvalue weighted by Gasteiger charge is -2.34. The maximum absolute atomic E-state index is 12.7. The van der Waals surface area contributed by atoms with Crippen molar-refractivity contribution < 1.29 is 17.9 Å². The second-order valence-electron chi connectivity index (χ2n) is 6.64. The number of benzene rings is 2. The number of hydrogen-bond acceptors (Lipinski definition) is 3. The van der Waals surface area contributed by atoms with Crippen LogP contribution in [0, 0.1) is 0 Å². The summed E-state index contributed by atoms with van der Waals surface area (Å²) in [6, 6.07) is 14.7. The topological polar surface area (TPSA) is 15.7 Å². The number of nitrogens with zero attached hydrogens (tertiary/aromatic N) is 2. The monoisotopic (exact) mass is 400 g/mol. The normalized spacial score (nSPS) is 17.2. The molecule has 0 radical (unpaired) electrons. The Balaban J connectivity index is 0.00000261. The van der Waals surface area contributed by atoms with Crippen molar-refractivity contribution >= 4 is 12.4 Å². The molecule has 3 rings (SSSR count). The summed E-state index contributed by atoms with van der Waals surface area (Å²) < 4.78 is 44.3. The van der Waals surface area contributed by atoms with Crippen LogP contribution in [0.1, 0.15) is 17.2 Å². The summed E-state index contributed by atoms with van der Waals surface area (Å²) in [5.41, 5.74) is 0.353. The molecule has 1 unspecified atom stereocenters. The van der Waals surface area contributed by atoms with Crippen molar-refractivity contribution in [2.75, 3.05) is 39.8 Å². The zero-order chi connectivity index (χ0) is 18.6. The van der Waals surface area contributed by atoms with Crippen molar-refractivity contribution in [1.29, 1.82) is 0 Å². The van der Waals surface area contributed by atoms with E-state index in [0.29, 0.717) is 12.3 Å². The Labute approximate surface area is 164 Å². The maximum atomic E-state index is 12.7. The maximum Gasteiger partial charge on any atom is 0.416 e. The van der Waals surface area contributed by atoms with Gasteiger partial charge in [0.15, 0.2) is 0 Å². The van der Waals surface area contributed by atoms with Crippen molar-refractivity contribution in [2.24, 2.45) is 0 Å². The molecule has 148 valence electrons. The number of halogens is 4. The van der Waals surface area contributed by atoms with Crippen LogP contribution in [-0.2, 0) is 6.18 Å². The summed E-state index contributed by atoms with van der Waals surface area (Å²) in [6.45, 7) is 4.62.